The Bertz CT molecular complexity index is 938. The molecule has 0 saturated heterocycles. The zero-order valence-electron chi connectivity index (χ0n) is 18.6. The van der Waals surface area contributed by atoms with Crippen molar-refractivity contribution in [2.45, 2.75) is 52.0 Å². The van der Waals surface area contributed by atoms with Gasteiger partial charge in [-0.2, -0.15) is 0 Å². The molecule has 1 aliphatic rings. The first-order valence-electron chi connectivity index (χ1n) is 11.2. The molecule has 0 bridgehead atoms. The standard InChI is InChI=1S/C25H31N3O3S/c1-17(2)16-31-22-10-6-7-19(15-22)24(30)28-25(32)27-21-13-11-18(12-14-21)23(29)26-20-8-4-3-5-9-20/h6-7,10-15,17,20H,3-5,8-9,16H2,1-2H3,(H,26,29)(H2,27,28,30,32). The van der Waals surface area contributed by atoms with Crippen molar-refractivity contribution in [1.29, 1.82) is 0 Å². The molecule has 0 spiro atoms. The average molecular weight is 454 g/mol. The third kappa shape index (κ3) is 7.34. The predicted molar refractivity (Wildman–Crippen MR) is 131 cm³/mol. The summed E-state index contributed by atoms with van der Waals surface area (Å²) in [6.07, 6.45) is 5.69. The monoisotopic (exact) mass is 453 g/mol. The lowest BCUT2D eigenvalue weighted by Crippen LogP contribution is -2.36. The van der Waals surface area contributed by atoms with Crippen LogP contribution in [0.2, 0.25) is 0 Å². The lowest BCUT2D eigenvalue weighted by molar-refractivity contribution is 0.0926. The van der Waals surface area contributed by atoms with Gasteiger partial charge in [0.2, 0.25) is 0 Å². The summed E-state index contributed by atoms with van der Waals surface area (Å²) in [5.41, 5.74) is 1.76. The van der Waals surface area contributed by atoms with Crippen molar-refractivity contribution in [1.82, 2.24) is 10.6 Å². The molecular weight excluding hydrogens is 422 g/mol. The van der Waals surface area contributed by atoms with Gasteiger partial charge in [0.25, 0.3) is 11.8 Å². The van der Waals surface area contributed by atoms with Crippen LogP contribution in [-0.2, 0) is 0 Å². The SMILES string of the molecule is CC(C)COc1cccc(C(=O)NC(=S)Nc2ccc(C(=O)NC3CCCCC3)cc2)c1. The third-order valence-electron chi connectivity index (χ3n) is 5.25. The molecule has 170 valence electrons. The first-order chi connectivity index (χ1) is 15.4. The maximum Gasteiger partial charge on any atom is 0.257 e. The van der Waals surface area contributed by atoms with Crippen LogP contribution in [0.15, 0.2) is 48.5 Å². The summed E-state index contributed by atoms with van der Waals surface area (Å²) < 4.78 is 5.68. The predicted octanol–water partition coefficient (Wildman–Crippen LogP) is 4.91. The van der Waals surface area contributed by atoms with E-state index in [0.29, 0.717) is 35.1 Å². The summed E-state index contributed by atoms with van der Waals surface area (Å²) >= 11 is 5.27. The van der Waals surface area contributed by atoms with Crippen molar-refractivity contribution in [2.75, 3.05) is 11.9 Å². The van der Waals surface area contributed by atoms with Crippen LogP contribution in [0.3, 0.4) is 0 Å². The van der Waals surface area contributed by atoms with Gasteiger partial charge in [-0.1, -0.05) is 39.2 Å². The number of benzene rings is 2. The number of carbonyl (C=O) groups excluding carboxylic acids is 2. The molecule has 0 aliphatic heterocycles. The van der Waals surface area contributed by atoms with E-state index in [1.54, 1.807) is 42.5 Å². The fourth-order valence-corrected chi connectivity index (χ4v) is 3.76. The zero-order valence-corrected chi connectivity index (χ0v) is 19.5. The minimum atomic E-state index is -0.319. The summed E-state index contributed by atoms with van der Waals surface area (Å²) in [6.45, 7) is 4.71. The van der Waals surface area contributed by atoms with Crippen molar-refractivity contribution in [2.24, 2.45) is 5.92 Å². The van der Waals surface area contributed by atoms with Crippen molar-refractivity contribution >= 4 is 34.8 Å². The van der Waals surface area contributed by atoms with Gasteiger partial charge < -0.3 is 15.4 Å². The summed E-state index contributed by atoms with van der Waals surface area (Å²) in [7, 11) is 0. The molecule has 1 aliphatic carbocycles. The van der Waals surface area contributed by atoms with Gasteiger partial charge in [-0.05, 0) is 73.4 Å². The van der Waals surface area contributed by atoms with Crippen molar-refractivity contribution in [3.63, 3.8) is 0 Å². The van der Waals surface area contributed by atoms with E-state index in [-0.39, 0.29) is 23.0 Å². The highest BCUT2D eigenvalue weighted by atomic mass is 32.1. The Morgan fingerprint density at radius 1 is 1.00 bits per heavy atom. The van der Waals surface area contributed by atoms with E-state index in [1.165, 1.54) is 19.3 Å². The van der Waals surface area contributed by atoms with E-state index in [2.05, 4.69) is 29.8 Å². The van der Waals surface area contributed by atoms with E-state index in [9.17, 15) is 9.59 Å². The molecule has 3 rings (SSSR count). The lowest BCUT2D eigenvalue weighted by atomic mass is 9.95. The molecule has 0 atom stereocenters. The lowest BCUT2D eigenvalue weighted by Gasteiger charge is -2.22. The van der Waals surface area contributed by atoms with E-state index in [4.69, 9.17) is 17.0 Å². The largest absolute Gasteiger partial charge is 0.493 e. The van der Waals surface area contributed by atoms with Gasteiger partial charge >= 0.3 is 0 Å². The smallest absolute Gasteiger partial charge is 0.257 e. The molecule has 0 radical (unpaired) electrons. The molecule has 0 unspecified atom stereocenters. The Balaban J connectivity index is 1.50. The molecule has 3 N–H and O–H groups in total. The van der Waals surface area contributed by atoms with E-state index in [1.807, 2.05) is 6.07 Å². The summed E-state index contributed by atoms with van der Waals surface area (Å²) in [5, 5.41) is 8.95. The average Bonchev–Trinajstić information content (AvgIpc) is 2.79. The molecular formula is C25H31N3O3S. The van der Waals surface area contributed by atoms with Gasteiger partial charge in [0.15, 0.2) is 5.11 Å². The van der Waals surface area contributed by atoms with Gasteiger partial charge in [-0.3, -0.25) is 14.9 Å². The first kappa shape index (κ1) is 23.7. The molecule has 2 amide bonds. The fraction of sp³-hybridized carbons (Fsp3) is 0.400. The van der Waals surface area contributed by atoms with Crippen LogP contribution in [0.1, 0.15) is 66.7 Å². The summed E-state index contributed by atoms with van der Waals surface area (Å²) in [5.74, 6) is 0.668. The Morgan fingerprint density at radius 2 is 1.72 bits per heavy atom. The van der Waals surface area contributed by atoms with E-state index in [0.717, 1.165) is 12.8 Å². The van der Waals surface area contributed by atoms with Gasteiger partial charge in [0.05, 0.1) is 6.61 Å². The topological polar surface area (TPSA) is 79.5 Å². The highest BCUT2D eigenvalue weighted by Crippen LogP contribution is 2.18. The number of rotatable bonds is 7. The number of amides is 2. The van der Waals surface area contributed by atoms with E-state index < -0.39 is 0 Å². The van der Waals surface area contributed by atoms with Gasteiger partial charge in [0, 0.05) is 22.9 Å². The first-order valence-corrected chi connectivity index (χ1v) is 11.6. The van der Waals surface area contributed by atoms with Crippen LogP contribution in [0, 0.1) is 5.92 Å². The number of nitrogens with one attached hydrogen (secondary N) is 3. The second-order valence-corrected chi connectivity index (χ2v) is 8.93. The second-order valence-electron chi connectivity index (χ2n) is 8.53. The minimum Gasteiger partial charge on any atom is -0.493 e. The highest BCUT2D eigenvalue weighted by molar-refractivity contribution is 7.80. The van der Waals surface area contributed by atoms with Gasteiger partial charge in [-0.25, -0.2) is 0 Å². The summed E-state index contributed by atoms with van der Waals surface area (Å²) in [6, 6.07) is 14.3. The van der Waals surface area contributed by atoms with Crippen LogP contribution in [0.4, 0.5) is 5.69 Å². The molecule has 1 saturated carbocycles. The van der Waals surface area contributed by atoms with Crippen LogP contribution in [0.5, 0.6) is 5.75 Å². The molecule has 1 fully saturated rings. The number of hydrogen-bond acceptors (Lipinski definition) is 4. The quantitative estimate of drug-likeness (QED) is 0.519. The molecule has 32 heavy (non-hydrogen) atoms. The van der Waals surface area contributed by atoms with E-state index >= 15 is 0 Å². The maximum atomic E-state index is 12.5. The molecule has 0 heterocycles. The number of carbonyl (C=O) groups is 2. The summed E-state index contributed by atoms with van der Waals surface area (Å²) in [4.78, 5) is 25.0. The number of ether oxygens (including phenoxy) is 1. The fourth-order valence-electron chi connectivity index (χ4n) is 3.55. The Hall–Kier alpha value is -2.93. The Morgan fingerprint density at radius 3 is 2.41 bits per heavy atom. The number of anilines is 1. The number of hydrogen-bond donors (Lipinski definition) is 3. The van der Waals surface area contributed by atoms with Crippen LogP contribution >= 0.6 is 12.2 Å². The molecule has 2 aromatic carbocycles. The maximum absolute atomic E-state index is 12.5. The Labute approximate surface area is 195 Å². The third-order valence-corrected chi connectivity index (χ3v) is 5.46. The molecule has 6 nitrogen and oxygen atoms in total. The van der Waals surface area contributed by atoms with Gasteiger partial charge in [-0.15, -0.1) is 0 Å². The van der Waals surface area contributed by atoms with Gasteiger partial charge in [0.1, 0.15) is 5.75 Å². The molecule has 0 aromatic heterocycles. The van der Waals surface area contributed by atoms with Crippen LogP contribution < -0.4 is 20.7 Å². The minimum absolute atomic E-state index is 0.0566. The van der Waals surface area contributed by atoms with Crippen LogP contribution in [-0.4, -0.2) is 29.6 Å². The number of thiocarbonyl (C=S) groups is 1. The zero-order chi connectivity index (χ0) is 22.9. The van der Waals surface area contributed by atoms with Crippen molar-refractivity contribution < 1.29 is 14.3 Å². The molecule has 7 heteroatoms. The molecule has 2 aromatic rings. The van der Waals surface area contributed by atoms with Crippen LogP contribution in [0.25, 0.3) is 0 Å². The highest BCUT2D eigenvalue weighted by Gasteiger charge is 2.16. The normalized spacial score (nSPS) is 14.0. The Kier molecular flexibility index (Phi) is 8.62. The van der Waals surface area contributed by atoms with Crippen molar-refractivity contribution in [3.8, 4) is 5.75 Å². The van der Waals surface area contributed by atoms with Crippen molar-refractivity contribution in [3.05, 3.63) is 59.7 Å². The second kappa shape index (κ2) is 11.6.